The summed E-state index contributed by atoms with van der Waals surface area (Å²) in [5, 5.41) is 12.5. The van der Waals surface area contributed by atoms with E-state index in [0.29, 0.717) is 0 Å². The lowest BCUT2D eigenvalue weighted by atomic mass is 10.2. The van der Waals surface area contributed by atoms with Crippen LogP contribution in [0.5, 0.6) is 0 Å². The van der Waals surface area contributed by atoms with Crippen molar-refractivity contribution < 1.29 is 23.1 Å². The molecule has 0 bridgehead atoms. The van der Waals surface area contributed by atoms with Gasteiger partial charge < -0.3 is 5.11 Å². The highest BCUT2D eigenvalue weighted by Gasteiger charge is 2.23. The Morgan fingerprint density at radius 1 is 1.25 bits per heavy atom. The van der Waals surface area contributed by atoms with Crippen molar-refractivity contribution in [2.75, 3.05) is 0 Å². The third-order valence-electron chi connectivity index (χ3n) is 2.58. The molecule has 0 fully saturated rings. The van der Waals surface area contributed by atoms with E-state index in [0.717, 1.165) is 16.8 Å². The van der Waals surface area contributed by atoms with Gasteiger partial charge in [0.15, 0.2) is 17.5 Å². The number of hydrogen-bond donors (Lipinski definition) is 1. The van der Waals surface area contributed by atoms with Gasteiger partial charge in [-0.05, 0) is 12.1 Å². The molecule has 0 saturated heterocycles. The molecule has 1 heterocycles. The van der Waals surface area contributed by atoms with Crippen LogP contribution in [0.15, 0.2) is 12.1 Å². The zero-order valence-corrected chi connectivity index (χ0v) is 10.6. The summed E-state index contributed by atoms with van der Waals surface area (Å²) < 4.78 is 40.8. The number of hydrogen-bond acceptors (Lipinski definition) is 3. The second-order valence-corrected chi connectivity index (χ2v) is 4.36. The molecule has 0 atom stereocenters. The van der Waals surface area contributed by atoms with Crippen molar-refractivity contribution in [3.8, 4) is 5.69 Å². The zero-order valence-electron chi connectivity index (χ0n) is 10.6. The van der Waals surface area contributed by atoms with Crippen molar-refractivity contribution in [3.05, 3.63) is 41.2 Å². The van der Waals surface area contributed by atoms with Crippen molar-refractivity contribution in [1.82, 2.24) is 14.8 Å². The number of carbonyl (C=O) groups is 1. The molecule has 5 nitrogen and oxygen atoms in total. The standard InChI is InChI=1S/C12H10F3N3O2/c1-5(2)11-16-10(12(19)20)17-18(11)7-4-3-6(13)8(14)9(7)15/h3-5H,1-2H3,(H,19,20). The average molecular weight is 285 g/mol. The van der Waals surface area contributed by atoms with Crippen LogP contribution in [-0.4, -0.2) is 25.8 Å². The minimum Gasteiger partial charge on any atom is -0.475 e. The molecule has 0 aliphatic carbocycles. The molecular formula is C12H10F3N3O2. The largest absolute Gasteiger partial charge is 0.475 e. The number of rotatable bonds is 3. The first-order chi connectivity index (χ1) is 9.32. The van der Waals surface area contributed by atoms with Gasteiger partial charge in [0.1, 0.15) is 11.5 Å². The van der Waals surface area contributed by atoms with Crippen LogP contribution in [0.3, 0.4) is 0 Å². The number of benzene rings is 1. The van der Waals surface area contributed by atoms with E-state index in [1.165, 1.54) is 0 Å². The molecule has 1 aromatic carbocycles. The molecule has 20 heavy (non-hydrogen) atoms. The van der Waals surface area contributed by atoms with Gasteiger partial charge >= 0.3 is 5.97 Å². The quantitative estimate of drug-likeness (QED) is 0.880. The first-order valence-electron chi connectivity index (χ1n) is 5.67. The topological polar surface area (TPSA) is 68.0 Å². The van der Waals surface area contributed by atoms with E-state index < -0.39 is 34.9 Å². The molecule has 0 aliphatic rings. The van der Waals surface area contributed by atoms with E-state index in [-0.39, 0.29) is 11.7 Å². The van der Waals surface area contributed by atoms with E-state index in [1.807, 2.05) is 0 Å². The summed E-state index contributed by atoms with van der Waals surface area (Å²) >= 11 is 0. The van der Waals surface area contributed by atoms with Gasteiger partial charge in [0.25, 0.3) is 5.82 Å². The minimum atomic E-state index is -1.65. The molecule has 0 aliphatic heterocycles. The Labute approximate surface area is 111 Å². The molecule has 106 valence electrons. The summed E-state index contributed by atoms with van der Waals surface area (Å²) in [6, 6.07) is 1.71. The normalized spacial score (nSPS) is 11.1. The third kappa shape index (κ3) is 2.24. The van der Waals surface area contributed by atoms with Gasteiger partial charge in [0, 0.05) is 5.92 Å². The number of aromatic carboxylic acids is 1. The lowest BCUT2D eigenvalue weighted by Gasteiger charge is -2.09. The highest BCUT2D eigenvalue weighted by molar-refractivity contribution is 5.83. The van der Waals surface area contributed by atoms with Gasteiger partial charge in [0.05, 0.1) is 0 Å². The summed E-state index contributed by atoms with van der Waals surface area (Å²) in [6.45, 7) is 3.37. The monoisotopic (exact) mass is 285 g/mol. The predicted octanol–water partition coefficient (Wildman–Crippen LogP) is 2.51. The van der Waals surface area contributed by atoms with E-state index in [2.05, 4.69) is 10.1 Å². The van der Waals surface area contributed by atoms with Gasteiger partial charge in [-0.3, -0.25) is 0 Å². The molecular weight excluding hydrogens is 275 g/mol. The van der Waals surface area contributed by atoms with E-state index in [9.17, 15) is 18.0 Å². The summed E-state index contributed by atoms with van der Waals surface area (Å²) in [6.07, 6.45) is 0. The molecule has 0 radical (unpaired) electrons. The Balaban J connectivity index is 2.69. The maximum Gasteiger partial charge on any atom is 0.375 e. The Bertz CT molecular complexity index is 683. The molecule has 8 heteroatoms. The van der Waals surface area contributed by atoms with Crippen molar-refractivity contribution >= 4 is 5.97 Å². The van der Waals surface area contributed by atoms with Gasteiger partial charge in [0.2, 0.25) is 0 Å². The molecule has 2 rings (SSSR count). The van der Waals surface area contributed by atoms with Gasteiger partial charge in [-0.1, -0.05) is 13.8 Å². The van der Waals surface area contributed by atoms with E-state index >= 15 is 0 Å². The summed E-state index contributed by atoms with van der Waals surface area (Å²) in [5.74, 6) is -6.53. The average Bonchev–Trinajstić information content (AvgIpc) is 2.81. The van der Waals surface area contributed by atoms with Crippen LogP contribution in [0.4, 0.5) is 13.2 Å². The molecule has 0 saturated carbocycles. The van der Waals surface area contributed by atoms with E-state index in [4.69, 9.17) is 5.11 Å². The highest BCUT2D eigenvalue weighted by atomic mass is 19.2. The lowest BCUT2D eigenvalue weighted by molar-refractivity contribution is 0.0683. The molecule has 2 aromatic rings. The Hall–Kier alpha value is -2.38. The minimum absolute atomic E-state index is 0.132. The summed E-state index contributed by atoms with van der Waals surface area (Å²) in [7, 11) is 0. The van der Waals surface area contributed by atoms with Crippen molar-refractivity contribution in [3.63, 3.8) is 0 Å². The van der Waals surface area contributed by atoms with Crippen LogP contribution in [0.2, 0.25) is 0 Å². The van der Waals surface area contributed by atoms with Gasteiger partial charge in [-0.15, -0.1) is 5.10 Å². The lowest BCUT2D eigenvalue weighted by Crippen LogP contribution is -2.09. The smallest absolute Gasteiger partial charge is 0.375 e. The molecule has 0 spiro atoms. The molecule has 0 amide bonds. The van der Waals surface area contributed by atoms with Crippen LogP contribution in [0.25, 0.3) is 5.69 Å². The zero-order chi connectivity index (χ0) is 15.0. The second kappa shape index (κ2) is 4.95. The summed E-state index contributed by atoms with van der Waals surface area (Å²) in [4.78, 5) is 14.6. The van der Waals surface area contributed by atoms with Crippen LogP contribution < -0.4 is 0 Å². The SMILES string of the molecule is CC(C)c1nc(C(=O)O)nn1-c1ccc(F)c(F)c1F. The Morgan fingerprint density at radius 3 is 2.45 bits per heavy atom. The number of halogens is 3. The van der Waals surface area contributed by atoms with Gasteiger partial charge in [-0.2, -0.15) is 0 Å². The Kier molecular flexibility index (Phi) is 3.47. The van der Waals surface area contributed by atoms with E-state index in [1.54, 1.807) is 13.8 Å². The molecule has 1 N–H and O–H groups in total. The maximum atomic E-state index is 13.8. The fourth-order valence-electron chi connectivity index (χ4n) is 1.65. The maximum absolute atomic E-state index is 13.8. The number of carboxylic acids is 1. The Morgan fingerprint density at radius 2 is 1.90 bits per heavy atom. The first-order valence-corrected chi connectivity index (χ1v) is 5.67. The fraction of sp³-hybridized carbons (Fsp3) is 0.250. The van der Waals surface area contributed by atoms with Crippen molar-refractivity contribution in [2.24, 2.45) is 0 Å². The molecule has 0 unspecified atom stereocenters. The number of aromatic nitrogens is 3. The predicted molar refractivity (Wildman–Crippen MR) is 62.3 cm³/mol. The second-order valence-electron chi connectivity index (χ2n) is 4.36. The van der Waals surface area contributed by atoms with Crippen LogP contribution >= 0.6 is 0 Å². The molecule has 1 aromatic heterocycles. The van der Waals surface area contributed by atoms with Crippen LogP contribution in [-0.2, 0) is 0 Å². The third-order valence-corrected chi connectivity index (χ3v) is 2.58. The fourth-order valence-corrected chi connectivity index (χ4v) is 1.65. The van der Waals surface area contributed by atoms with Crippen LogP contribution in [0.1, 0.15) is 36.2 Å². The van der Waals surface area contributed by atoms with Crippen molar-refractivity contribution in [1.29, 1.82) is 0 Å². The van der Waals surface area contributed by atoms with Crippen molar-refractivity contribution in [2.45, 2.75) is 19.8 Å². The number of carboxylic acid groups (broad SMARTS) is 1. The highest BCUT2D eigenvalue weighted by Crippen LogP contribution is 2.22. The summed E-state index contributed by atoms with van der Waals surface area (Å²) in [5.41, 5.74) is -0.396. The number of nitrogens with zero attached hydrogens (tertiary/aromatic N) is 3. The van der Waals surface area contributed by atoms with Gasteiger partial charge in [-0.25, -0.2) is 27.6 Å². The first kappa shape index (κ1) is 14.0. The van der Waals surface area contributed by atoms with Crippen LogP contribution in [0, 0.1) is 17.5 Å².